The molecule has 0 bridgehead atoms. The molecule has 1 aromatic carbocycles. The Morgan fingerprint density at radius 2 is 2.23 bits per heavy atom. The molecule has 1 saturated carbocycles. The van der Waals surface area contributed by atoms with Gasteiger partial charge in [0.1, 0.15) is 11.6 Å². The molecule has 2 aromatic rings. The van der Waals surface area contributed by atoms with Crippen molar-refractivity contribution in [2.45, 2.75) is 25.8 Å². The lowest BCUT2D eigenvalue weighted by molar-refractivity contribution is -0.129. The van der Waals surface area contributed by atoms with Crippen molar-refractivity contribution in [2.75, 3.05) is 13.1 Å². The van der Waals surface area contributed by atoms with Gasteiger partial charge in [0.25, 0.3) is 0 Å². The molecule has 1 saturated heterocycles. The SMILES string of the molecule is Cn1nc(-c2ccc(Br)cc2F)n(CC2(C(=O)C3CC3)CCNC2)c1=O. The summed E-state index contributed by atoms with van der Waals surface area (Å²) in [6, 6.07) is 4.66. The normalized spacial score (nSPS) is 22.7. The third-order valence-electron chi connectivity index (χ3n) is 5.36. The fourth-order valence-corrected chi connectivity index (χ4v) is 4.10. The van der Waals surface area contributed by atoms with Gasteiger partial charge in [0.15, 0.2) is 5.82 Å². The smallest absolute Gasteiger partial charge is 0.316 e. The first-order valence-electron chi connectivity index (χ1n) is 8.76. The number of aromatic nitrogens is 3. The summed E-state index contributed by atoms with van der Waals surface area (Å²) in [7, 11) is 1.54. The van der Waals surface area contributed by atoms with E-state index in [2.05, 4.69) is 26.3 Å². The standard InChI is InChI=1S/C18H20BrFN4O2/c1-23-17(26)24(16(22-23)13-5-4-12(19)8-14(13)20)10-18(6-7-21-9-18)15(25)11-2-3-11/h4-5,8,11,21H,2-3,6-7,9-10H2,1H3. The molecule has 4 rings (SSSR count). The van der Waals surface area contributed by atoms with Gasteiger partial charge < -0.3 is 5.32 Å². The number of carbonyl (C=O) groups is 1. The molecule has 1 unspecified atom stereocenters. The number of ketones is 1. The monoisotopic (exact) mass is 422 g/mol. The highest BCUT2D eigenvalue weighted by molar-refractivity contribution is 9.10. The van der Waals surface area contributed by atoms with Crippen LogP contribution in [0.4, 0.5) is 4.39 Å². The quantitative estimate of drug-likeness (QED) is 0.800. The summed E-state index contributed by atoms with van der Waals surface area (Å²) in [6.07, 6.45) is 2.54. The Bertz CT molecular complexity index is 926. The predicted octanol–water partition coefficient (Wildman–Crippen LogP) is 2.11. The Labute approximate surface area is 158 Å². The first kappa shape index (κ1) is 17.6. The van der Waals surface area contributed by atoms with E-state index in [9.17, 15) is 14.0 Å². The molecular weight excluding hydrogens is 403 g/mol. The molecule has 0 amide bonds. The van der Waals surface area contributed by atoms with Crippen LogP contribution in [0, 0.1) is 17.2 Å². The van der Waals surface area contributed by atoms with E-state index in [4.69, 9.17) is 0 Å². The molecule has 138 valence electrons. The maximum Gasteiger partial charge on any atom is 0.345 e. The number of benzene rings is 1. The summed E-state index contributed by atoms with van der Waals surface area (Å²) >= 11 is 3.24. The first-order chi connectivity index (χ1) is 12.4. The molecule has 1 aliphatic heterocycles. The molecule has 0 spiro atoms. The van der Waals surface area contributed by atoms with Gasteiger partial charge in [-0.3, -0.25) is 9.36 Å². The van der Waals surface area contributed by atoms with E-state index in [1.54, 1.807) is 19.2 Å². The van der Waals surface area contributed by atoms with Crippen LogP contribution in [-0.2, 0) is 18.4 Å². The van der Waals surface area contributed by atoms with E-state index in [1.807, 2.05) is 0 Å². The van der Waals surface area contributed by atoms with Crippen LogP contribution >= 0.6 is 15.9 Å². The van der Waals surface area contributed by atoms with Gasteiger partial charge in [-0.05, 0) is 44.0 Å². The molecule has 2 fully saturated rings. The second-order valence-corrected chi connectivity index (χ2v) is 8.20. The van der Waals surface area contributed by atoms with Crippen LogP contribution in [0.3, 0.4) is 0 Å². The largest absolute Gasteiger partial charge is 0.345 e. The second kappa shape index (κ2) is 6.42. The molecule has 1 N–H and O–H groups in total. The van der Waals surface area contributed by atoms with Crippen molar-refractivity contribution < 1.29 is 9.18 Å². The first-order valence-corrected chi connectivity index (χ1v) is 9.55. The van der Waals surface area contributed by atoms with E-state index in [1.165, 1.54) is 15.3 Å². The van der Waals surface area contributed by atoms with E-state index in [-0.39, 0.29) is 35.3 Å². The highest BCUT2D eigenvalue weighted by Crippen LogP contribution is 2.41. The minimum atomic E-state index is -0.616. The molecule has 2 heterocycles. The van der Waals surface area contributed by atoms with Gasteiger partial charge in [-0.1, -0.05) is 15.9 Å². The molecule has 8 heteroatoms. The lowest BCUT2D eigenvalue weighted by atomic mass is 9.80. The lowest BCUT2D eigenvalue weighted by Crippen LogP contribution is -2.41. The number of aryl methyl sites for hydroxylation is 1. The zero-order chi connectivity index (χ0) is 18.5. The second-order valence-electron chi connectivity index (χ2n) is 7.29. The Balaban J connectivity index is 1.79. The maximum atomic E-state index is 14.5. The van der Waals surface area contributed by atoms with Crippen molar-refractivity contribution in [3.05, 3.63) is 39.0 Å². The van der Waals surface area contributed by atoms with E-state index in [0.29, 0.717) is 17.4 Å². The zero-order valence-corrected chi connectivity index (χ0v) is 16.1. The Morgan fingerprint density at radius 3 is 2.85 bits per heavy atom. The average molecular weight is 423 g/mol. The van der Waals surface area contributed by atoms with Crippen LogP contribution in [0.25, 0.3) is 11.4 Å². The van der Waals surface area contributed by atoms with E-state index in [0.717, 1.165) is 19.4 Å². The van der Waals surface area contributed by atoms with Crippen molar-refractivity contribution in [3.8, 4) is 11.4 Å². The van der Waals surface area contributed by atoms with Gasteiger partial charge in [-0.15, -0.1) is 5.10 Å². The molecule has 1 aliphatic carbocycles. The Morgan fingerprint density at radius 1 is 1.46 bits per heavy atom. The number of hydrogen-bond acceptors (Lipinski definition) is 4. The molecule has 1 aromatic heterocycles. The average Bonchev–Trinajstić information content (AvgIpc) is 3.29. The fourth-order valence-electron chi connectivity index (χ4n) is 3.76. The van der Waals surface area contributed by atoms with Crippen LogP contribution in [0.2, 0.25) is 0 Å². The Kier molecular flexibility index (Phi) is 4.35. The van der Waals surface area contributed by atoms with E-state index < -0.39 is 11.2 Å². The molecule has 26 heavy (non-hydrogen) atoms. The van der Waals surface area contributed by atoms with Gasteiger partial charge in [-0.25, -0.2) is 13.9 Å². The van der Waals surface area contributed by atoms with Crippen LogP contribution < -0.4 is 11.0 Å². The summed E-state index contributed by atoms with van der Waals surface area (Å²) in [5.41, 5.74) is -0.697. The molecule has 2 aliphatic rings. The van der Waals surface area contributed by atoms with Crippen molar-refractivity contribution in [3.63, 3.8) is 0 Å². The summed E-state index contributed by atoms with van der Waals surface area (Å²) in [4.78, 5) is 25.6. The van der Waals surface area contributed by atoms with Gasteiger partial charge in [0.2, 0.25) is 0 Å². The molecule has 6 nitrogen and oxygen atoms in total. The van der Waals surface area contributed by atoms with Crippen molar-refractivity contribution in [1.29, 1.82) is 0 Å². The number of nitrogens with zero attached hydrogens (tertiary/aromatic N) is 3. The van der Waals surface area contributed by atoms with Crippen LogP contribution in [-0.4, -0.2) is 33.2 Å². The number of rotatable bonds is 5. The van der Waals surface area contributed by atoms with Crippen molar-refractivity contribution in [1.82, 2.24) is 19.7 Å². The molecule has 0 radical (unpaired) electrons. The van der Waals surface area contributed by atoms with Crippen LogP contribution in [0.5, 0.6) is 0 Å². The van der Waals surface area contributed by atoms with Crippen LogP contribution in [0.15, 0.2) is 27.5 Å². The highest BCUT2D eigenvalue weighted by Gasteiger charge is 2.48. The van der Waals surface area contributed by atoms with Gasteiger partial charge in [0, 0.05) is 30.5 Å². The predicted molar refractivity (Wildman–Crippen MR) is 98.2 cm³/mol. The summed E-state index contributed by atoms with van der Waals surface area (Å²) in [6.45, 7) is 1.52. The number of Topliss-reactive ketones (excluding diaryl/α,β-unsaturated/α-hetero) is 1. The summed E-state index contributed by atoms with van der Waals surface area (Å²) in [5.74, 6) is 0.131. The third-order valence-corrected chi connectivity index (χ3v) is 5.85. The number of hydrogen-bond donors (Lipinski definition) is 1. The van der Waals surface area contributed by atoms with Crippen molar-refractivity contribution in [2.24, 2.45) is 18.4 Å². The number of carbonyl (C=O) groups excluding carboxylic acids is 1. The maximum absolute atomic E-state index is 14.5. The highest BCUT2D eigenvalue weighted by atomic mass is 79.9. The number of halogens is 2. The fraction of sp³-hybridized carbons (Fsp3) is 0.500. The van der Waals surface area contributed by atoms with E-state index >= 15 is 0 Å². The lowest BCUT2D eigenvalue weighted by Gasteiger charge is -2.27. The van der Waals surface area contributed by atoms with Crippen molar-refractivity contribution >= 4 is 21.7 Å². The topological polar surface area (TPSA) is 68.9 Å². The van der Waals surface area contributed by atoms with Gasteiger partial charge in [0.05, 0.1) is 11.0 Å². The van der Waals surface area contributed by atoms with Gasteiger partial charge in [-0.2, -0.15) is 0 Å². The van der Waals surface area contributed by atoms with Crippen LogP contribution in [0.1, 0.15) is 19.3 Å². The minimum absolute atomic E-state index is 0.107. The summed E-state index contributed by atoms with van der Waals surface area (Å²) < 4.78 is 17.8. The summed E-state index contributed by atoms with van der Waals surface area (Å²) in [5, 5.41) is 7.50. The third kappa shape index (κ3) is 2.95. The molecular formula is C18H20BrFN4O2. The minimum Gasteiger partial charge on any atom is -0.316 e. The van der Waals surface area contributed by atoms with Gasteiger partial charge >= 0.3 is 5.69 Å². The zero-order valence-electron chi connectivity index (χ0n) is 14.5. The molecule has 1 atom stereocenters. The Hall–Kier alpha value is -1.80. The number of nitrogens with one attached hydrogen (secondary N) is 1.